The monoisotopic (exact) mass is 383 g/mol. The minimum absolute atomic E-state index is 0.00745. The number of anilines is 1. The van der Waals surface area contributed by atoms with Crippen molar-refractivity contribution in [3.8, 4) is 0 Å². The molecule has 0 bridgehead atoms. The van der Waals surface area contributed by atoms with Gasteiger partial charge in [-0.05, 0) is 39.0 Å². The maximum Gasteiger partial charge on any atom is 0.303 e. The van der Waals surface area contributed by atoms with Gasteiger partial charge in [0, 0.05) is 25.6 Å². The Morgan fingerprint density at radius 3 is 2.92 bits per heavy atom. The van der Waals surface area contributed by atoms with E-state index in [1.54, 1.807) is 24.8 Å². The fourth-order valence-electron chi connectivity index (χ4n) is 2.87. The van der Waals surface area contributed by atoms with E-state index in [-0.39, 0.29) is 29.9 Å². The number of thioether (sulfide) groups is 1. The quantitative estimate of drug-likeness (QED) is 0.707. The van der Waals surface area contributed by atoms with E-state index in [0.29, 0.717) is 31.1 Å². The smallest absolute Gasteiger partial charge is 0.303 e. The van der Waals surface area contributed by atoms with Crippen molar-refractivity contribution in [2.24, 2.45) is 5.92 Å². The highest BCUT2D eigenvalue weighted by Gasteiger charge is 2.25. The van der Waals surface area contributed by atoms with E-state index < -0.39 is 11.2 Å². The number of nitrogens with zero attached hydrogens (tertiary/aromatic N) is 2. The summed E-state index contributed by atoms with van der Waals surface area (Å²) in [6, 6.07) is 1.63. The number of aryl methyl sites for hydroxylation is 1. The van der Waals surface area contributed by atoms with Gasteiger partial charge >= 0.3 is 5.97 Å². The summed E-state index contributed by atoms with van der Waals surface area (Å²) < 4.78 is 4.90. The van der Waals surface area contributed by atoms with Crippen LogP contribution in [0.4, 0.5) is 5.82 Å². The third-order valence-corrected chi connectivity index (χ3v) is 5.47. The van der Waals surface area contributed by atoms with Crippen LogP contribution in [0.5, 0.6) is 0 Å². The van der Waals surface area contributed by atoms with Crippen molar-refractivity contribution in [2.45, 2.75) is 44.8 Å². The highest BCUT2D eigenvalue weighted by atomic mass is 32.2. The number of piperidine rings is 1. The Kier molecular flexibility index (Phi) is 7.50. The van der Waals surface area contributed by atoms with E-state index >= 15 is 0 Å². The number of carboxylic acid groups (broad SMARTS) is 1. The fourth-order valence-corrected chi connectivity index (χ4v) is 3.66. The van der Waals surface area contributed by atoms with Gasteiger partial charge < -0.3 is 19.8 Å². The van der Waals surface area contributed by atoms with Crippen molar-refractivity contribution in [3.63, 3.8) is 0 Å². The minimum Gasteiger partial charge on any atom is -0.481 e. The Labute approximate surface area is 156 Å². The number of carbonyl (C=O) groups excluding carboxylic acids is 2. The third-order valence-electron chi connectivity index (χ3n) is 4.34. The van der Waals surface area contributed by atoms with Crippen LogP contribution in [0.25, 0.3) is 0 Å². The van der Waals surface area contributed by atoms with Crippen molar-refractivity contribution >= 4 is 35.4 Å². The number of aliphatic carboxylic acids is 1. The number of nitrogens with one attached hydrogen (secondary N) is 1. The topological polar surface area (TPSA) is 113 Å². The molecule has 8 nitrogen and oxygen atoms in total. The highest BCUT2D eigenvalue weighted by molar-refractivity contribution is 8.01. The van der Waals surface area contributed by atoms with Crippen molar-refractivity contribution in [2.75, 3.05) is 24.2 Å². The van der Waals surface area contributed by atoms with Crippen LogP contribution in [0.2, 0.25) is 0 Å². The summed E-state index contributed by atoms with van der Waals surface area (Å²) in [5, 5.41) is 14.8. The third kappa shape index (κ3) is 6.36. The zero-order chi connectivity index (χ0) is 19.1. The lowest BCUT2D eigenvalue weighted by Gasteiger charge is -2.32. The van der Waals surface area contributed by atoms with E-state index in [0.717, 1.165) is 12.8 Å². The first kappa shape index (κ1) is 20.3. The molecule has 0 saturated carbocycles. The number of hydrogen-bond acceptors (Lipinski definition) is 6. The van der Waals surface area contributed by atoms with Gasteiger partial charge in [0.25, 0.3) is 0 Å². The molecule has 1 fully saturated rings. The molecule has 0 aliphatic carbocycles. The SMILES string of the molecule is Cc1cc(NC(=O)C(C)SCC(=O)N2CCCC(CCC(=O)O)C2)no1. The van der Waals surface area contributed by atoms with E-state index in [9.17, 15) is 14.4 Å². The van der Waals surface area contributed by atoms with Gasteiger partial charge in [-0.15, -0.1) is 11.8 Å². The molecule has 2 rings (SSSR count). The van der Waals surface area contributed by atoms with Crippen LogP contribution >= 0.6 is 11.8 Å². The summed E-state index contributed by atoms with van der Waals surface area (Å²) in [6.45, 7) is 4.78. The van der Waals surface area contributed by atoms with Gasteiger partial charge in [-0.25, -0.2) is 0 Å². The van der Waals surface area contributed by atoms with Crippen LogP contribution < -0.4 is 5.32 Å². The predicted molar refractivity (Wildman–Crippen MR) is 98.0 cm³/mol. The second-order valence-electron chi connectivity index (χ2n) is 6.55. The first-order valence-electron chi connectivity index (χ1n) is 8.70. The maximum atomic E-state index is 12.4. The molecule has 1 aliphatic heterocycles. The average Bonchev–Trinajstić information content (AvgIpc) is 3.02. The summed E-state index contributed by atoms with van der Waals surface area (Å²) >= 11 is 1.28. The number of hydrogen-bond donors (Lipinski definition) is 2. The molecule has 1 aromatic heterocycles. The molecule has 0 radical (unpaired) electrons. The van der Waals surface area contributed by atoms with Crippen LogP contribution in [0, 0.1) is 12.8 Å². The van der Waals surface area contributed by atoms with Crippen LogP contribution in [-0.2, 0) is 14.4 Å². The van der Waals surface area contributed by atoms with Gasteiger partial charge in [0.15, 0.2) is 5.82 Å². The summed E-state index contributed by atoms with van der Waals surface area (Å²) in [5.74, 6) is 0.400. The number of likely N-dealkylation sites (tertiary alicyclic amines) is 1. The zero-order valence-electron chi connectivity index (χ0n) is 15.1. The molecule has 9 heteroatoms. The maximum absolute atomic E-state index is 12.4. The van der Waals surface area contributed by atoms with Crippen molar-refractivity contribution in [1.82, 2.24) is 10.1 Å². The van der Waals surface area contributed by atoms with Crippen LogP contribution in [0.1, 0.15) is 38.4 Å². The fraction of sp³-hybridized carbons (Fsp3) is 0.647. The molecule has 1 aromatic rings. The molecular formula is C17H25N3O5S. The summed E-state index contributed by atoms with van der Waals surface area (Å²) in [4.78, 5) is 37.0. The molecule has 2 amide bonds. The number of aromatic nitrogens is 1. The number of amides is 2. The van der Waals surface area contributed by atoms with Gasteiger partial charge in [-0.3, -0.25) is 14.4 Å². The summed E-state index contributed by atoms with van der Waals surface area (Å²) in [6.07, 6.45) is 2.59. The second kappa shape index (κ2) is 9.61. The lowest BCUT2D eigenvalue weighted by atomic mass is 9.93. The molecule has 2 atom stereocenters. The van der Waals surface area contributed by atoms with Gasteiger partial charge in [-0.1, -0.05) is 5.16 Å². The Morgan fingerprint density at radius 2 is 2.27 bits per heavy atom. The lowest BCUT2D eigenvalue weighted by molar-refractivity contribution is -0.137. The molecular weight excluding hydrogens is 358 g/mol. The second-order valence-corrected chi connectivity index (χ2v) is 7.87. The predicted octanol–water partition coefficient (Wildman–Crippen LogP) is 2.15. The van der Waals surface area contributed by atoms with Crippen molar-refractivity contribution in [3.05, 3.63) is 11.8 Å². The average molecular weight is 383 g/mol. The Balaban J connectivity index is 1.74. The Bertz CT molecular complexity index is 648. The van der Waals surface area contributed by atoms with Gasteiger partial charge in [0.1, 0.15) is 5.76 Å². The number of carbonyl (C=O) groups is 3. The molecule has 1 saturated heterocycles. The summed E-state index contributed by atoms with van der Waals surface area (Å²) in [7, 11) is 0. The molecule has 2 N–H and O–H groups in total. The van der Waals surface area contributed by atoms with E-state index in [2.05, 4.69) is 10.5 Å². The Hall–Kier alpha value is -2.03. The molecule has 1 aliphatic rings. The van der Waals surface area contributed by atoms with E-state index in [1.165, 1.54) is 11.8 Å². The van der Waals surface area contributed by atoms with E-state index in [1.807, 2.05) is 0 Å². The minimum atomic E-state index is -0.800. The zero-order valence-corrected chi connectivity index (χ0v) is 15.9. The molecule has 144 valence electrons. The number of rotatable bonds is 8. The molecule has 0 spiro atoms. The normalized spacial score (nSPS) is 18.4. The molecule has 2 heterocycles. The first-order valence-corrected chi connectivity index (χ1v) is 9.75. The van der Waals surface area contributed by atoms with Gasteiger partial charge in [0.05, 0.1) is 11.0 Å². The van der Waals surface area contributed by atoms with E-state index in [4.69, 9.17) is 9.63 Å². The molecule has 2 unspecified atom stereocenters. The van der Waals surface area contributed by atoms with Crippen molar-refractivity contribution < 1.29 is 24.0 Å². The molecule has 0 aromatic carbocycles. The van der Waals surface area contributed by atoms with Crippen molar-refractivity contribution in [1.29, 1.82) is 0 Å². The standard InChI is InChI=1S/C17H25N3O5S/c1-11-8-14(19-25-11)18-17(24)12(2)26-10-15(21)20-7-3-4-13(9-20)5-6-16(22)23/h8,12-13H,3-7,9-10H2,1-2H3,(H,22,23)(H,18,19,24). The van der Waals surface area contributed by atoms with Gasteiger partial charge in [-0.2, -0.15) is 0 Å². The largest absolute Gasteiger partial charge is 0.481 e. The lowest BCUT2D eigenvalue weighted by Crippen LogP contribution is -2.41. The highest BCUT2D eigenvalue weighted by Crippen LogP contribution is 2.22. The van der Waals surface area contributed by atoms with Crippen LogP contribution in [-0.4, -0.2) is 57.0 Å². The summed E-state index contributed by atoms with van der Waals surface area (Å²) in [5.41, 5.74) is 0. The van der Waals surface area contributed by atoms with Crippen LogP contribution in [0.15, 0.2) is 10.6 Å². The molecule has 26 heavy (non-hydrogen) atoms. The van der Waals surface area contributed by atoms with Gasteiger partial charge in [0.2, 0.25) is 11.8 Å². The Morgan fingerprint density at radius 1 is 1.50 bits per heavy atom. The van der Waals surface area contributed by atoms with Crippen LogP contribution in [0.3, 0.4) is 0 Å². The number of carboxylic acids is 1. The first-order chi connectivity index (χ1) is 12.3.